The lowest BCUT2D eigenvalue weighted by molar-refractivity contribution is 0.0696. The summed E-state index contributed by atoms with van der Waals surface area (Å²) in [6.45, 7) is 3.65. The first kappa shape index (κ1) is 17.1. The number of rotatable bonds is 5. The van der Waals surface area contributed by atoms with Gasteiger partial charge in [-0.25, -0.2) is 13.2 Å². The van der Waals surface area contributed by atoms with E-state index in [9.17, 15) is 17.4 Å². The fourth-order valence-electron chi connectivity index (χ4n) is 1.59. The van der Waals surface area contributed by atoms with Crippen LogP contribution in [-0.4, -0.2) is 35.7 Å². The Bertz CT molecular complexity index is 665. The zero-order valence-corrected chi connectivity index (χ0v) is 13.6. The van der Waals surface area contributed by atoms with Gasteiger partial charge < -0.3 is 5.11 Å². The predicted molar refractivity (Wildman–Crippen MR) is 77.6 cm³/mol. The number of aromatic carboxylic acids is 1. The molecule has 0 aliphatic heterocycles. The predicted octanol–water partition coefficient (Wildman–Crippen LogP) is 2.21. The second-order valence-corrected chi connectivity index (χ2v) is 8.53. The summed E-state index contributed by atoms with van der Waals surface area (Å²) in [5.41, 5.74) is -0.258. The number of halogens is 1. The van der Waals surface area contributed by atoms with E-state index >= 15 is 0 Å². The van der Waals surface area contributed by atoms with Crippen LogP contribution < -0.4 is 0 Å². The summed E-state index contributed by atoms with van der Waals surface area (Å²) in [5.74, 6) is -1.05. The second kappa shape index (κ2) is 6.24. The molecule has 0 saturated heterocycles. The SMILES string of the molecule is CC(C)CS(=O)c1c(S(C)(=O)=O)ccc(C(=O)O)c1Cl. The fraction of sp³-hybridized carbons (Fsp3) is 0.417. The molecule has 0 aromatic heterocycles. The van der Waals surface area contributed by atoms with E-state index in [0.29, 0.717) is 0 Å². The topological polar surface area (TPSA) is 88.5 Å². The van der Waals surface area contributed by atoms with Gasteiger partial charge in [-0.1, -0.05) is 25.4 Å². The third-order valence-electron chi connectivity index (χ3n) is 2.40. The minimum Gasteiger partial charge on any atom is -0.478 e. The maximum Gasteiger partial charge on any atom is 0.337 e. The Morgan fingerprint density at radius 3 is 2.35 bits per heavy atom. The number of carbonyl (C=O) groups is 1. The molecule has 0 radical (unpaired) electrons. The molecule has 20 heavy (non-hydrogen) atoms. The van der Waals surface area contributed by atoms with Gasteiger partial charge in [-0.2, -0.15) is 0 Å². The number of hydrogen-bond acceptors (Lipinski definition) is 4. The van der Waals surface area contributed by atoms with Crippen molar-refractivity contribution in [3.8, 4) is 0 Å². The maximum atomic E-state index is 12.3. The Hall–Kier alpha value is -0.920. The van der Waals surface area contributed by atoms with Gasteiger partial charge in [0.1, 0.15) is 0 Å². The Kier molecular flexibility index (Phi) is 5.34. The van der Waals surface area contributed by atoms with Crippen LogP contribution in [0.3, 0.4) is 0 Å². The molecule has 1 aromatic rings. The summed E-state index contributed by atoms with van der Waals surface area (Å²) >= 11 is 5.95. The van der Waals surface area contributed by atoms with Gasteiger partial charge in [-0.15, -0.1) is 0 Å². The van der Waals surface area contributed by atoms with E-state index in [1.807, 2.05) is 13.8 Å². The summed E-state index contributed by atoms with van der Waals surface area (Å²) in [7, 11) is -5.33. The van der Waals surface area contributed by atoms with Crippen molar-refractivity contribution in [1.29, 1.82) is 0 Å². The lowest BCUT2D eigenvalue weighted by atomic mass is 10.2. The molecule has 112 valence electrons. The van der Waals surface area contributed by atoms with Gasteiger partial charge >= 0.3 is 5.97 Å². The summed E-state index contributed by atoms with van der Waals surface area (Å²) in [6, 6.07) is 2.25. The lowest BCUT2D eigenvalue weighted by Gasteiger charge is -2.13. The minimum absolute atomic E-state index is 0.0489. The average Bonchev–Trinajstić information content (AvgIpc) is 2.25. The standard InChI is InChI=1S/C12H15ClO5S2/c1-7(2)6-19(16)11-9(20(3,17)18)5-4-8(10(11)13)12(14)15/h4-5,7H,6H2,1-3H3,(H,14,15). The average molecular weight is 339 g/mol. The van der Waals surface area contributed by atoms with E-state index in [4.69, 9.17) is 16.7 Å². The first-order chi connectivity index (χ1) is 9.05. The van der Waals surface area contributed by atoms with Crippen molar-refractivity contribution < 1.29 is 22.5 Å². The van der Waals surface area contributed by atoms with Gasteiger partial charge in [0.15, 0.2) is 9.84 Å². The Balaban J connectivity index is 3.62. The minimum atomic E-state index is -3.65. The molecule has 0 heterocycles. The Morgan fingerprint density at radius 2 is 1.95 bits per heavy atom. The summed E-state index contributed by atoms with van der Waals surface area (Å²) in [4.78, 5) is 10.7. The fourth-order valence-corrected chi connectivity index (χ4v) is 5.02. The highest BCUT2D eigenvalue weighted by Gasteiger charge is 2.25. The molecule has 1 unspecified atom stereocenters. The van der Waals surface area contributed by atoms with E-state index in [1.54, 1.807) is 0 Å². The number of carboxylic acids is 1. The highest BCUT2D eigenvalue weighted by atomic mass is 35.5. The molecule has 0 aliphatic carbocycles. The van der Waals surface area contributed by atoms with E-state index in [1.165, 1.54) is 0 Å². The van der Waals surface area contributed by atoms with E-state index in [-0.39, 0.29) is 32.0 Å². The van der Waals surface area contributed by atoms with Crippen molar-refractivity contribution in [3.63, 3.8) is 0 Å². The molecular weight excluding hydrogens is 324 g/mol. The number of hydrogen-bond donors (Lipinski definition) is 1. The molecule has 1 aromatic carbocycles. The highest BCUT2D eigenvalue weighted by molar-refractivity contribution is 7.92. The number of carboxylic acid groups (broad SMARTS) is 1. The van der Waals surface area contributed by atoms with Gasteiger partial charge in [0, 0.05) is 12.0 Å². The van der Waals surface area contributed by atoms with Crippen LogP contribution >= 0.6 is 11.6 Å². The third kappa shape index (κ3) is 3.80. The molecule has 8 heteroatoms. The quantitative estimate of drug-likeness (QED) is 0.889. The van der Waals surface area contributed by atoms with Gasteiger partial charge in [0.05, 0.1) is 31.2 Å². The molecule has 0 aliphatic rings. The zero-order valence-electron chi connectivity index (χ0n) is 11.2. The number of benzene rings is 1. The van der Waals surface area contributed by atoms with Crippen LogP contribution in [0, 0.1) is 5.92 Å². The molecule has 5 nitrogen and oxygen atoms in total. The molecule has 0 saturated carbocycles. The van der Waals surface area contributed by atoms with Crippen LogP contribution in [0.25, 0.3) is 0 Å². The summed E-state index contributed by atoms with van der Waals surface area (Å²) in [6.07, 6.45) is 0.967. The number of sulfone groups is 1. The summed E-state index contributed by atoms with van der Waals surface area (Å²) < 4.78 is 35.8. The van der Waals surface area contributed by atoms with Crippen molar-refractivity contribution in [2.24, 2.45) is 5.92 Å². The van der Waals surface area contributed by atoms with Crippen LogP contribution in [0.2, 0.25) is 5.02 Å². The normalized spacial score (nSPS) is 13.4. The van der Waals surface area contributed by atoms with E-state index < -0.39 is 26.6 Å². The van der Waals surface area contributed by atoms with Crippen LogP contribution in [0.4, 0.5) is 0 Å². The maximum absolute atomic E-state index is 12.3. The first-order valence-electron chi connectivity index (χ1n) is 5.70. The lowest BCUT2D eigenvalue weighted by Crippen LogP contribution is -2.12. The van der Waals surface area contributed by atoms with Crippen molar-refractivity contribution in [2.75, 3.05) is 12.0 Å². The Labute approximate surface area is 125 Å². The van der Waals surface area contributed by atoms with Crippen LogP contribution in [0.15, 0.2) is 21.9 Å². The second-order valence-electron chi connectivity index (χ2n) is 4.74. The van der Waals surface area contributed by atoms with Crippen LogP contribution in [0.5, 0.6) is 0 Å². The smallest absolute Gasteiger partial charge is 0.337 e. The van der Waals surface area contributed by atoms with Gasteiger partial charge in [0.2, 0.25) is 0 Å². The van der Waals surface area contributed by atoms with Crippen molar-refractivity contribution >= 4 is 38.2 Å². The van der Waals surface area contributed by atoms with Crippen molar-refractivity contribution in [2.45, 2.75) is 23.6 Å². The molecule has 0 amide bonds. The molecule has 1 N–H and O–H groups in total. The first-order valence-corrected chi connectivity index (χ1v) is 9.28. The van der Waals surface area contributed by atoms with Crippen molar-refractivity contribution in [3.05, 3.63) is 22.7 Å². The zero-order chi connectivity index (χ0) is 15.7. The van der Waals surface area contributed by atoms with Gasteiger partial charge in [-0.05, 0) is 18.1 Å². The molecule has 1 rings (SSSR count). The molecule has 0 fully saturated rings. The summed E-state index contributed by atoms with van der Waals surface area (Å²) in [5, 5.41) is 8.74. The molecule has 0 bridgehead atoms. The van der Waals surface area contributed by atoms with Crippen LogP contribution in [-0.2, 0) is 20.6 Å². The molecule has 1 atom stereocenters. The largest absolute Gasteiger partial charge is 0.478 e. The molecule has 0 spiro atoms. The van der Waals surface area contributed by atoms with Gasteiger partial charge in [-0.3, -0.25) is 4.21 Å². The van der Waals surface area contributed by atoms with Crippen LogP contribution in [0.1, 0.15) is 24.2 Å². The molecular formula is C12H15ClO5S2. The third-order valence-corrected chi connectivity index (χ3v) is 6.03. The highest BCUT2D eigenvalue weighted by Crippen LogP contribution is 2.31. The van der Waals surface area contributed by atoms with E-state index in [0.717, 1.165) is 18.4 Å². The van der Waals surface area contributed by atoms with E-state index in [2.05, 4.69) is 0 Å². The Morgan fingerprint density at radius 1 is 1.40 bits per heavy atom. The van der Waals surface area contributed by atoms with Gasteiger partial charge in [0.25, 0.3) is 0 Å². The van der Waals surface area contributed by atoms with Crippen molar-refractivity contribution in [1.82, 2.24) is 0 Å². The monoisotopic (exact) mass is 338 g/mol.